The van der Waals surface area contributed by atoms with Gasteiger partial charge in [-0.1, -0.05) is 18.2 Å². The summed E-state index contributed by atoms with van der Waals surface area (Å²) in [6.45, 7) is 7.42. The summed E-state index contributed by atoms with van der Waals surface area (Å²) in [6.07, 6.45) is 2.03. The second-order valence-corrected chi connectivity index (χ2v) is 11.9. The first-order chi connectivity index (χ1) is 20.5. The Hall–Kier alpha value is -3.84. The third-order valence-electron chi connectivity index (χ3n) is 7.93. The number of rotatable bonds is 9. The van der Waals surface area contributed by atoms with Crippen LogP contribution in [0, 0.1) is 5.92 Å². The monoisotopic (exact) mass is 610 g/mol. The van der Waals surface area contributed by atoms with Gasteiger partial charge in [0.15, 0.2) is 0 Å². The number of thiol groups is 1. The van der Waals surface area contributed by atoms with Crippen LogP contribution in [0.25, 0.3) is 22.2 Å². The first-order valence-corrected chi connectivity index (χ1v) is 14.7. The first kappa shape index (κ1) is 29.2. The van der Waals surface area contributed by atoms with Gasteiger partial charge in [-0.05, 0) is 61.1 Å². The molecule has 43 heavy (non-hydrogen) atoms. The molecule has 2 aliphatic rings. The zero-order chi connectivity index (χ0) is 30.3. The van der Waals surface area contributed by atoms with E-state index in [1.54, 1.807) is 6.20 Å². The lowest BCUT2D eigenvalue weighted by atomic mass is 9.99. The number of H-pyrrole nitrogens is 1. The molecule has 4 heterocycles. The molecule has 6 rings (SSSR count). The SMILES string of the molecule is C=C(C)C(c1ccnc(Nc2nc3ccc(-c4cnn(C(S)C5CC5)c4)cc3[nH]2)c1)N1CCN(C(=O)CC(F)(F)F)CC1. The molecular formula is C30H33F3N8OS. The number of imidazole rings is 1. The number of alkyl halides is 3. The van der Waals surface area contributed by atoms with Crippen LogP contribution >= 0.6 is 12.6 Å². The Morgan fingerprint density at radius 3 is 2.63 bits per heavy atom. The molecule has 13 heteroatoms. The van der Waals surface area contributed by atoms with E-state index in [9.17, 15) is 18.0 Å². The molecule has 1 aliphatic carbocycles. The predicted molar refractivity (Wildman–Crippen MR) is 162 cm³/mol. The molecule has 0 radical (unpaired) electrons. The molecule has 0 spiro atoms. The lowest BCUT2D eigenvalue weighted by molar-refractivity contribution is -0.162. The number of aromatic nitrogens is 5. The van der Waals surface area contributed by atoms with Crippen molar-refractivity contribution in [2.45, 2.75) is 43.8 Å². The molecule has 9 nitrogen and oxygen atoms in total. The third-order valence-corrected chi connectivity index (χ3v) is 8.59. The van der Waals surface area contributed by atoms with Crippen molar-refractivity contribution in [3.63, 3.8) is 0 Å². The Balaban J connectivity index is 1.14. The molecule has 2 atom stereocenters. The number of anilines is 2. The van der Waals surface area contributed by atoms with Gasteiger partial charge in [0.2, 0.25) is 11.9 Å². The van der Waals surface area contributed by atoms with Gasteiger partial charge >= 0.3 is 6.18 Å². The normalized spacial score (nSPS) is 17.7. The number of piperazine rings is 1. The highest BCUT2D eigenvalue weighted by molar-refractivity contribution is 7.80. The average Bonchev–Trinajstić information content (AvgIpc) is 3.55. The molecule has 2 N–H and O–H groups in total. The minimum absolute atomic E-state index is 0.102. The van der Waals surface area contributed by atoms with E-state index in [4.69, 9.17) is 12.6 Å². The summed E-state index contributed by atoms with van der Waals surface area (Å²) in [6, 6.07) is 9.66. The molecule has 4 aromatic rings. The van der Waals surface area contributed by atoms with Crippen LogP contribution in [0.15, 0.2) is 61.1 Å². The first-order valence-electron chi connectivity index (χ1n) is 14.2. The van der Waals surface area contributed by atoms with E-state index in [1.807, 2.05) is 54.3 Å². The number of halogens is 3. The number of carbonyl (C=O) groups excluding carboxylic acids is 1. The van der Waals surface area contributed by atoms with Crippen molar-refractivity contribution < 1.29 is 18.0 Å². The number of hydrogen-bond donors (Lipinski definition) is 3. The van der Waals surface area contributed by atoms with E-state index in [0.29, 0.717) is 30.8 Å². The van der Waals surface area contributed by atoms with Crippen LogP contribution in [0.3, 0.4) is 0 Å². The summed E-state index contributed by atoms with van der Waals surface area (Å²) in [7, 11) is 0. The fourth-order valence-electron chi connectivity index (χ4n) is 5.62. The highest BCUT2D eigenvalue weighted by atomic mass is 32.1. The van der Waals surface area contributed by atoms with E-state index < -0.39 is 18.5 Å². The summed E-state index contributed by atoms with van der Waals surface area (Å²) in [5.74, 6) is 0.830. The molecule has 2 unspecified atom stereocenters. The molecular weight excluding hydrogens is 577 g/mol. The van der Waals surface area contributed by atoms with E-state index in [-0.39, 0.29) is 24.5 Å². The summed E-state index contributed by atoms with van der Waals surface area (Å²) in [5, 5.41) is 7.88. The second kappa shape index (κ2) is 11.7. The van der Waals surface area contributed by atoms with Gasteiger partial charge in [-0.15, -0.1) is 0 Å². The van der Waals surface area contributed by atoms with Crippen molar-refractivity contribution in [1.82, 2.24) is 34.5 Å². The number of amides is 1. The van der Waals surface area contributed by atoms with Crippen molar-refractivity contribution >= 4 is 41.3 Å². The summed E-state index contributed by atoms with van der Waals surface area (Å²) in [5.41, 5.74) is 5.52. The van der Waals surface area contributed by atoms with Crippen molar-refractivity contribution in [3.05, 3.63) is 66.6 Å². The number of benzene rings is 1. The van der Waals surface area contributed by atoms with E-state index in [1.165, 1.54) is 17.7 Å². The van der Waals surface area contributed by atoms with Crippen LogP contribution in [0.4, 0.5) is 24.9 Å². The molecule has 2 fully saturated rings. The zero-order valence-corrected chi connectivity index (χ0v) is 24.6. The van der Waals surface area contributed by atoms with Crippen LogP contribution in [0.1, 0.15) is 43.2 Å². The van der Waals surface area contributed by atoms with Crippen LogP contribution in [-0.2, 0) is 4.79 Å². The lowest BCUT2D eigenvalue weighted by Crippen LogP contribution is -2.50. The number of fused-ring (bicyclic) bond motifs is 1. The summed E-state index contributed by atoms with van der Waals surface area (Å²) >= 11 is 4.71. The standard InChI is InChI=1S/C30H33F3N8OS/c1-18(2)27(40-11-9-39(10-12-40)26(42)15-30(31,32)33)21-7-8-34-25(14-21)38-29-36-23-6-5-20(13-24(23)37-29)22-16-35-41(17-22)28(43)19-3-4-19/h5-8,13-14,16-17,19,27-28,43H,1,3-4,9-12,15H2,2H3,(H2,34,36,37,38). The Labute approximate surface area is 252 Å². The number of nitrogens with one attached hydrogen (secondary N) is 2. The van der Waals surface area contributed by atoms with Crippen LogP contribution < -0.4 is 5.32 Å². The van der Waals surface area contributed by atoms with Gasteiger partial charge in [0, 0.05) is 44.1 Å². The number of hydrogen-bond acceptors (Lipinski definition) is 7. The van der Waals surface area contributed by atoms with Gasteiger partial charge in [0.05, 0.1) is 28.6 Å². The van der Waals surface area contributed by atoms with Gasteiger partial charge in [-0.3, -0.25) is 14.4 Å². The summed E-state index contributed by atoms with van der Waals surface area (Å²) in [4.78, 5) is 27.9. The van der Waals surface area contributed by atoms with E-state index >= 15 is 0 Å². The van der Waals surface area contributed by atoms with Crippen molar-refractivity contribution in [3.8, 4) is 11.1 Å². The fraction of sp³-hybridized carbons (Fsp3) is 0.400. The largest absolute Gasteiger partial charge is 0.397 e. The van der Waals surface area contributed by atoms with Gasteiger partial charge in [0.25, 0.3) is 0 Å². The van der Waals surface area contributed by atoms with Crippen molar-refractivity contribution in [2.75, 3.05) is 31.5 Å². The zero-order valence-electron chi connectivity index (χ0n) is 23.7. The van der Waals surface area contributed by atoms with Crippen molar-refractivity contribution in [1.29, 1.82) is 0 Å². The molecule has 1 aliphatic heterocycles. The predicted octanol–water partition coefficient (Wildman–Crippen LogP) is 6.12. The molecule has 1 saturated carbocycles. The minimum atomic E-state index is -4.51. The van der Waals surface area contributed by atoms with Gasteiger partial charge < -0.3 is 15.2 Å². The Kier molecular flexibility index (Phi) is 7.94. The summed E-state index contributed by atoms with van der Waals surface area (Å²) < 4.78 is 40.0. The molecule has 1 aromatic carbocycles. The number of aromatic amines is 1. The second-order valence-electron chi connectivity index (χ2n) is 11.3. The van der Waals surface area contributed by atoms with Crippen molar-refractivity contribution in [2.24, 2.45) is 5.92 Å². The topological polar surface area (TPSA) is 95.0 Å². The molecule has 0 bridgehead atoms. The number of nitrogens with zero attached hydrogens (tertiary/aromatic N) is 6. The van der Waals surface area contributed by atoms with Crippen LogP contribution in [-0.4, -0.2) is 72.8 Å². The maximum atomic E-state index is 12.7. The molecule has 3 aromatic heterocycles. The highest BCUT2D eigenvalue weighted by Gasteiger charge is 2.35. The van der Waals surface area contributed by atoms with Gasteiger partial charge in [0.1, 0.15) is 12.2 Å². The Morgan fingerprint density at radius 1 is 1.16 bits per heavy atom. The van der Waals surface area contributed by atoms with Crippen LogP contribution in [0.2, 0.25) is 0 Å². The van der Waals surface area contributed by atoms with E-state index in [0.717, 1.165) is 33.3 Å². The van der Waals surface area contributed by atoms with E-state index in [2.05, 4.69) is 36.8 Å². The number of carbonyl (C=O) groups is 1. The molecule has 226 valence electrons. The van der Waals surface area contributed by atoms with Gasteiger partial charge in [-0.2, -0.15) is 30.9 Å². The van der Waals surface area contributed by atoms with Gasteiger partial charge in [-0.25, -0.2) is 9.97 Å². The minimum Gasteiger partial charge on any atom is -0.340 e. The molecule has 1 saturated heterocycles. The quantitative estimate of drug-likeness (QED) is 0.156. The highest BCUT2D eigenvalue weighted by Crippen LogP contribution is 2.42. The third kappa shape index (κ3) is 6.72. The Bertz CT molecular complexity index is 1640. The smallest absolute Gasteiger partial charge is 0.340 e. The lowest BCUT2D eigenvalue weighted by Gasteiger charge is -2.40. The Morgan fingerprint density at radius 2 is 1.93 bits per heavy atom. The van der Waals surface area contributed by atoms with Crippen LogP contribution in [0.5, 0.6) is 0 Å². The molecule has 1 amide bonds. The fourth-order valence-corrected chi connectivity index (χ4v) is 6.04. The maximum absolute atomic E-state index is 12.7. The maximum Gasteiger partial charge on any atom is 0.397 e. The number of pyridine rings is 1. The average molecular weight is 611 g/mol.